The standard InChI is InChI=1S/C16H28N2O/c1-2-3-4-5-6-7-8-9-12-18-13-10-11-15(14-18)16(17)19/h10,13-14H,2-9,11-12H2,1H3,(H2,17,19). The third-order valence-corrected chi connectivity index (χ3v) is 3.54. The summed E-state index contributed by atoms with van der Waals surface area (Å²) in [4.78, 5) is 13.2. The fourth-order valence-electron chi connectivity index (χ4n) is 2.34. The Morgan fingerprint density at radius 1 is 1.16 bits per heavy atom. The van der Waals surface area contributed by atoms with Crippen LogP contribution in [0.15, 0.2) is 24.0 Å². The Kier molecular flexibility index (Phi) is 8.03. The maximum Gasteiger partial charge on any atom is 0.246 e. The molecule has 1 amide bonds. The molecule has 19 heavy (non-hydrogen) atoms. The van der Waals surface area contributed by atoms with Gasteiger partial charge in [0.05, 0.1) is 0 Å². The van der Waals surface area contributed by atoms with Crippen LogP contribution in [0.2, 0.25) is 0 Å². The molecule has 3 nitrogen and oxygen atoms in total. The summed E-state index contributed by atoms with van der Waals surface area (Å²) in [5, 5.41) is 0. The lowest BCUT2D eigenvalue weighted by atomic mass is 10.1. The highest BCUT2D eigenvalue weighted by Gasteiger charge is 2.09. The molecule has 0 spiro atoms. The second-order valence-electron chi connectivity index (χ2n) is 5.32. The van der Waals surface area contributed by atoms with Crippen LogP contribution in [-0.2, 0) is 4.79 Å². The largest absolute Gasteiger partial charge is 0.366 e. The van der Waals surface area contributed by atoms with Gasteiger partial charge in [-0.25, -0.2) is 0 Å². The van der Waals surface area contributed by atoms with E-state index >= 15 is 0 Å². The van der Waals surface area contributed by atoms with Gasteiger partial charge in [0, 0.05) is 18.3 Å². The topological polar surface area (TPSA) is 46.3 Å². The van der Waals surface area contributed by atoms with Gasteiger partial charge in [0.15, 0.2) is 0 Å². The number of carbonyl (C=O) groups excluding carboxylic acids is 1. The van der Waals surface area contributed by atoms with Gasteiger partial charge in [0.25, 0.3) is 0 Å². The molecule has 2 N–H and O–H groups in total. The van der Waals surface area contributed by atoms with E-state index in [2.05, 4.69) is 11.8 Å². The number of hydrogen-bond donors (Lipinski definition) is 1. The van der Waals surface area contributed by atoms with Crippen molar-refractivity contribution in [3.63, 3.8) is 0 Å². The zero-order valence-electron chi connectivity index (χ0n) is 12.2. The van der Waals surface area contributed by atoms with Crippen LogP contribution < -0.4 is 5.73 Å². The van der Waals surface area contributed by atoms with Crippen LogP contribution in [0.1, 0.15) is 64.7 Å². The monoisotopic (exact) mass is 264 g/mol. The van der Waals surface area contributed by atoms with E-state index in [-0.39, 0.29) is 5.91 Å². The van der Waals surface area contributed by atoms with Gasteiger partial charge in [-0.15, -0.1) is 0 Å². The van der Waals surface area contributed by atoms with Gasteiger partial charge >= 0.3 is 0 Å². The molecule has 1 rings (SSSR count). The van der Waals surface area contributed by atoms with Crippen molar-refractivity contribution in [2.75, 3.05) is 6.54 Å². The van der Waals surface area contributed by atoms with Gasteiger partial charge in [-0.2, -0.15) is 0 Å². The number of amides is 1. The first-order valence-corrected chi connectivity index (χ1v) is 7.67. The third kappa shape index (κ3) is 7.04. The first-order valence-electron chi connectivity index (χ1n) is 7.67. The summed E-state index contributed by atoms with van der Waals surface area (Å²) in [5.41, 5.74) is 6.01. The predicted molar refractivity (Wildman–Crippen MR) is 80.4 cm³/mol. The number of carbonyl (C=O) groups is 1. The molecule has 108 valence electrons. The Morgan fingerprint density at radius 2 is 1.79 bits per heavy atom. The molecular formula is C16H28N2O. The van der Waals surface area contributed by atoms with Gasteiger partial charge in [0.1, 0.15) is 0 Å². The number of nitrogens with zero attached hydrogens (tertiary/aromatic N) is 1. The highest BCUT2D eigenvalue weighted by Crippen LogP contribution is 2.13. The van der Waals surface area contributed by atoms with Crippen LogP contribution in [0, 0.1) is 0 Å². The zero-order chi connectivity index (χ0) is 13.9. The smallest absolute Gasteiger partial charge is 0.246 e. The van der Waals surface area contributed by atoms with Crippen LogP contribution in [-0.4, -0.2) is 17.4 Å². The second kappa shape index (κ2) is 9.65. The van der Waals surface area contributed by atoms with Crippen molar-refractivity contribution in [1.82, 2.24) is 4.90 Å². The Morgan fingerprint density at radius 3 is 2.42 bits per heavy atom. The van der Waals surface area contributed by atoms with E-state index in [1.807, 2.05) is 18.5 Å². The van der Waals surface area contributed by atoms with Crippen molar-refractivity contribution in [3.8, 4) is 0 Å². The fourth-order valence-corrected chi connectivity index (χ4v) is 2.34. The van der Waals surface area contributed by atoms with Crippen molar-refractivity contribution < 1.29 is 4.79 Å². The molecule has 0 unspecified atom stereocenters. The molecule has 1 aliphatic heterocycles. The van der Waals surface area contributed by atoms with E-state index in [1.165, 1.54) is 51.4 Å². The summed E-state index contributed by atoms with van der Waals surface area (Å²) in [6.07, 6.45) is 17.2. The molecule has 0 fully saturated rings. The lowest BCUT2D eigenvalue weighted by molar-refractivity contribution is -0.114. The van der Waals surface area contributed by atoms with E-state index in [1.54, 1.807) is 0 Å². The van der Waals surface area contributed by atoms with E-state index in [0.29, 0.717) is 12.0 Å². The van der Waals surface area contributed by atoms with Gasteiger partial charge in [-0.1, -0.05) is 57.9 Å². The zero-order valence-corrected chi connectivity index (χ0v) is 12.2. The van der Waals surface area contributed by atoms with Gasteiger partial charge in [-0.3, -0.25) is 4.79 Å². The van der Waals surface area contributed by atoms with Crippen molar-refractivity contribution in [2.24, 2.45) is 5.73 Å². The summed E-state index contributed by atoms with van der Waals surface area (Å²) < 4.78 is 0. The molecule has 1 heterocycles. The van der Waals surface area contributed by atoms with Gasteiger partial charge in [-0.05, 0) is 19.0 Å². The molecule has 1 aliphatic rings. The highest BCUT2D eigenvalue weighted by molar-refractivity contribution is 5.92. The quantitative estimate of drug-likeness (QED) is 0.611. The van der Waals surface area contributed by atoms with Crippen molar-refractivity contribution >= 4 is 5.91 Å². The number of primary amides is 1. The Hall–Kier alpha value is -1.25. The minimum absolute atomic E-state index is 0.301. The average molecular weight is 264 g/mol. The van der Waals surface area contributed by atoms with E-state index in [0.717, 1.165) is 6.54 Å². The van der Waals surface area contributed by atoms with E-state index in [9.17, 15) is 4.79 Å². The molecule has 3 heteroatoms. The van der Waals surface area contributed by atoms with E-state index in [4.69, 9.17) is 5.73 Å². The SMILES string of the molecule is CCCCCCCCCCN1C=CCC(C(N)=O)=C1. The fraction of sp³-hybridized carbons (Fsp3) is 0.688. The molecule has 0 bridgehead atoms. The molecule has 0 radical (unpaired) electrons. The Balaban J connectivity index is 2.04. The minimum Gasteiger partial charge on any atom is -0.366 e. The molecule has 0 aromatic heterocycles. The summed E-state index contributed by atoms with van der Waals surface area (Å²) in [5.74, 6) is -0.301. The lowest BCUT2D eigenvalue weighted by Gasteiger charge is -2.20. The maximum absolute atomic E-state index is 11.1. The van der Waals surface area contributed by atoms with Crippen molar-refractivity contribution in [3.05, 3.63) is 24.0 Å². The molecular weight excluding hydrogens is 236 g/mol. The number of allylic oxidation sites excluding steroid dienone is 1. The minimum atomic E-state index is -0.301. The Labute approximate surface area is 117 Å². The lowest BCUT2D eigenvalue weighted by Crippen LogP contribution is -2.21. The Bertz CT molecular complexity index is 321. The van der Waals surface area contributed by atoms with Crippen molar-refractivity contribution in [2.45, 2.75) is 64.7 Å². The number of nitrogens with two attached hydrogens (primary N) is 1. The first kappa shape index (κ1) is 15.8. The molecule has 0 aromatic rings. The highest BCUT2D eigenvalue weighted by atomic mass is 16.1. The number of unbranched alkanes of at least 4 members (excludes halogenated alkanes) is 7. The van der Waals surface area contributed by atoms with Crippen LogP contribution >= 0.6 is 0 Å². The average Bonchev–Trinajstić information content (AvgIpc) is 2.42. The van der Waals surface area contributed by atoms with Crippen LogP contribution in [0.3, 0.4) is 0 Å². The molecule has 0 aromatic carbocycles. The third-order valence-electron chi connectivity index (χ3n) is 3.54. The summed E-state index contributed by atoms with van der Waals surface area (Å²) in [6, 6.07) is 0. The predicted octanol–water partition coefficient (Wildman–Crippen LogP) is 3.72. The number of rotatable bonds is 10. The summed E-state index contributed by atoms with van der Waals surface area (Å²) in [7, 11) is 0. The molecule has 0 aliphatic carbocycles. The van der Waals surface area contributed by atoms with Gasteiger partial charge in [0.2, 0.25) is 5.91 Å². The normalized spacial score (nSPS) is 14.6. The molecule has 0 saturated heterocycles. The second-order valence-corrected chi connectivity index (χ2v) is 5.32. The van der Waals surface area contributed by atoms with E-state index < -0.39 is 0 Å². The van der Waals surface area contributed by atoms with Crippen LogP contribution in [0.5, 0.6) is 0 Å². The summed E-state index contributed by atoms with van der Waals surface area (Å²) >= 11 is 0. The van der Waals surface area contributed by atoms with Gasteiger partial charge < -0.3 is 10.6 Å². The van der Waals surface area contributed by atoms with Crippen LogP contribution in [0.25, 0.3) is 0 Å². The molecule has 0 saturated carbocycles. The number of hydrogen-bond acceptors (Lipinski definition) is 2. The first-order chi connectivity index (χ1) is 9.24. The molecule has 0 atom stereocenters. The maximum atomic E-state index is 11.1. The van der Waals surface area contributed by atoms with Crippen LogP contribution in [0.4, 0.5) is 0 Å². The summed E-state index contributed by atoms with van der Waals surface area (Å²) in [6.45, 7) is 3.24. The van der Waals surface area contributed by atoms with Crippen molar-refractivity contribution in [1.29, 1.82) is 0 Å².